The number of rotatable bonds is 4. The van der Waals surface area contributed by atoms with Crippen LogP contribution >= 0.6 is 47.8 Å². The first kappa shape index (κ1) is 15.8. The highest BCUT2D eigenvalue weighted by atomic mass is 79.9. The quantitative estimate of drug-likeness (QED) is 0.619. The molecule has 0 saturated heterocycles. The van der Waals surface area contributed by atoms with Crippen LogP contribution in [0.2, 0.25) is 0 Å². The number of halogens is 4. The molecule has 0 atom stereocenters. The van der Waals surface area contributed by atoms with E-state index in [0.717, 1.165) is 24.7 Å². The molecular formula is C14H11Br3FNO. The van der Waals surface area contributed by atoms with Crippen LogP contribution in [0.3, 0.4) is 0 Å². The Labute approximate surface area is 142 Å². The van der Waals surface area contributed by atoms with Crippen molar-refractivity contribution in [2.24, 2.45) is 0 Å². The minimum atomic E-state index is -0.286. The average Bonchev–Trinajstić information content (AvgIpc) is 2.37. The molecule has 2 aromatic carbocycles. The summed E-state index contributed by atoms with van der Waals surface area (Å²) in [5.41, 5.74) is 1.48. The number of benzene rings is 2. The van der Waals surface area contributed by atoms with E-state index in [4.69, 9.17) is 4.74 Å². The van der Waals surface area contributed by atoms with Crippen molar-refractivity contribution in [2.45, 2.75) is 6.54 Å². The summed E-state index contributed by atoms with van der Waals surface area (Å²) in [4.78, 5) is 0. The van der Waals surface area contributed by atoms with Gasteiger partial charge in [0, 0.05) is 11.0 Å². The molecule has 0 heterocycles. The van der Waals surface area contributed by atoms with Gasteiger partial charge in [-0.1, -0.05) is 15.9 Å². The van der Waals surface area contributed by atoms with Crippen LogP contribution in [-0.2, 0) is 6.54 Å². The number of methoxy groups -OCH3 is 1. The van der Waals surface area contributed by atoms with Crippen LogP contribution in [0.1, 0.15) is 5.56 Å². The Morgan fingerprint density at radius 2 is 1.75 bits per heavy atom. The Bertz CT molecular complexity index is 611. The van der Waals surface area contributed by atoms with Crippen molar-refractivity contribution < 1.29 is 9.13 Å². The molecular weight excluding hydrogens is 457 g/mol. The van der Waals surface area contributed by atoms with Crippen LogP contribution in [0.5, 0.6) is 5.75 Å². The van der Waals surface area contributed by atoms with Crippen LogP contribution < -0.4 is 10.1 Å². The van der Waals surface area contributed by atoms with E-state index in [2.05, 4.69) is 53.1 Å². The van der Waals surface area contributed by atoms with E-state index in [1.807, 2.05) is 12.1 Å². The van der Waals surface area contributed by atoms with Crippen molar-refractivity contribution in [3.8, 4) is 5.75 Å². The van der Waals surface area contributed by atoms with Gasteiger partial charge in [-0.25, -0.2) is 4.39 Å². The second kappa shape index (κ2) is 6.91. The third-order valence-electron chi connectivity index (χ3n) is 2.68. The lowest BCUT2D eigenvalue weighted by molar-refractivity contribution is 0.409. The summed E-state index contributed by atoms with van der Waals surface area (Å²) in [5.74, 6) is 0.453. The highest BCUT2D eigenvalue weighted by molar-refractivity contribution is 9.11. The molecule has 0 radical (unpaired) electrons. The average molecular weight is 468 g/mol. The summed E-state index contributed by atoms with van der Waals surface area (Å²) in [7, 11) is 1.61. The molecule has 2 aromatic rings. The van der Waals surface area contributed by atoms with Gasteiger partial charge in [-0.15, -0.1) is 0 Å². The minimum Gasteiger partial charge on any atom is -0.494 e. The fraction of sp³-hybridized carbons (Fsp3) is 0.143. The lowest BCUT2D eigenvalue weighted by Crippen LogP contribution is -2.02. The van der Waals surface area contributed by atoms with Crippen molar-refractivity contribution >= 4 is 53.5 Å². The van der Waals surface area contributed by atoms with Crippen LogP contribution in [-0.4, -0.2) is 7.11 Å². The molecule has 2 nitrogen and oxygen atoms in total. The fourth-order valence-corrected chi connectivity index (χ4v) is 3.68. The predicted octanol–water partition coefficient (Wildman–Crippen LogP) is 5.73. The Morgan fingerprint density at radius 1 is 1.10 bits per heavy atom. The molecule has 0 aliphatic rings. The fourth-order valence-electron chi connectivity index (χ4n) is 1.74. The molecule has 0 unspecified atom stereocenters. The standard InChI is InChI=1S/C14H11Br3FNO/c1-20-14-10(16)4-8(5-11(14)17)7-19-13-3-2-9(15)6-12(13)18/h2-6,19H,7H2,1H3. The van der Waals surface area contributed by atoms with Gasteiger partial charge >= 0.3 is 0 Å². The van der Waals surface area contributed by atoms with Gasteiger partial charge in [-0.2, -0.15) is 0 Å². The first-order chi connectivity index (χ1) is 9.51. The maximum Gasteiger partial charge on any atom is 0.147 e. The van der Waals surface area contributed by atoms with Crippen molar-refractivity contribution in [3.05, 3.63) is 55.1 Å². The maximum atomic E-state index is 13.7. The van der Waals surface area contributed by atoms with Crippen LogP contribution in [0.4, 0.5) is 10.1 Å². The number of hydrogen-bond donors (Lipinski definition) is 1. The van der Waals surface area contributed by atoms with Crippen LogP contribution in [0.15, 0.2) is 43.7 Å². The van der Waals surface area contributed by atoms with Gasteiger partial charge in [-0.05, 0) is 67.8 Å². The van der Waals surface area contributed by atoms with E-state index < -0.39 is 0 Å². The van der Waals surface area contributed by atoms with Crippen molar-refractivity contribution in [2.75, 3.05) is 12.4 Å². The molecule has 1 N–H and O–H groups in total. The molecule has 106 valence electrons. The zero-order valence-corrected chi connectivity index (χ0v) is 15.3. The normalized spacial score (nSPS) is 10.4. The van der Waals surface area contributed by atoms with E-state index in [1.165, 1.54) is 6.07 Å². The second-order valence-corrected chi connectivity index (χ2v) is 6.69. The summed E-state index contributed by atoms with van der Waals surface area (Å²) in [5, 5.41) is 3.07. The van der Waals surface area contributed by atoms with Gasteiger partial charge in [-0.3, -0.25) is 0 Å². The first-order valence-electron chi connectivity index (χ1n) is 5.72. The Morgan fingerprint density at radius 3 is 2.30 bits per heavy atom. The highest BCUT2D eigenvalue weighted by Gasteiger charge is 2.08. The summed E-state index contributed by atoms with van der Waals surface area (Å²) < 4.78 is 21.4. The monoisotopic (exact) mass is 465 g/mol. The van der Waals surface area contributed by atoms with Gasteiger partial charge in [0.05, 0.1) is 21.7 Å². The summed E-state index contributed by atoms with van der Waals surface area (Å²) in [6.45, 7) is 0.514. The lowest BCUT2D eigenvalue weighted by atomic mass is 10.2. The molecule has 0 aliphatic carbocycles. The number of anilines is 1. The van der Waals surface area contributed by atoms with Gasteiger partial charge in [0.15, 0.2) is 0 Å². The van der Waals surface area contributed by atoms with E-state index in [1.54, 1.807) is 19.2 Å². The number of nitrogens with one attached hydrogen (secondary N) is 1. The Kier molecular flexibility index (Phi) is 5.46. The molecule has 0 amide bonds. The molecule has 0 aliphatic heterocycles. The minimum absolute atomic E-state index is 0.286. The Balaban J connectivity index is 2.15. The largest absolute Gasteiger partial charge is 0.494 e. The van der Waals surface area contributed by atoms with Gasteiger partial charge < -0.3 is 10.1 Å². The highest BCUT2D eigenvalue weighted by Crippen LogP contribution is 2.34. The van der Waals surface area contributed by atoms with E-state index in [-0.39, 0.29) is 5.82 Å². The summed E-state index contributed by atoms with van der Waals surface area (Å²) in [6.07, 6.45) is 0. The molecule has 6 heteroatoms. The first-order valence-corrected chi connectivity index (χ1v) is 8.10. The van der Waals surface area contributed by atoms with Gasteiger partial charge in [0.25, 0.3) is 0 Å². The Hall–Kier alpha value is -0.590. The molecule has 0 fully saturated rings. The van der Waals surface area contributed by atoms with E-state index in [9.17, 15) is 4.39 Å². The maximum absolute atomic E-state index is 13.7. The zero-order chi connectivity index (χ0) is 14.7. The van der Waals surface area contributed by atoms with Crippen LogP contribution in [0.25, 0.3) is 0 Å². The number of hydrogen-bond acceptors (Lipinski definition) is 2. The topological polar surface area (TPSA) is 21.3 Å². The molecule has 0 bridgehead atoms. The smallest absolute Gasteiger partial charge is 0.147 e. The lowest BCUT2D eigenvalue weighted by Gasteiger charge is -2.11. The van der Waals surface area contributed by atoms with Crippen LogP contribution in [0, 0.1) is 5.82 Å². The van der Waals surface area contributed by atoms with Crippen molar-refractivity contribution in [3.63, 3.8) is 0 Å². The molecule has 0 aromatic heterocycles. The molecule has 20 heavy (non-hydrogen) atoms. The molecule has 0 saturated carbocycles. The third kappa shape index (κ3) is 3.74. The van der Waals surface area contributed by atoms with Crippen molar-refractivity contribution in [1.29, 1.82) is 0 Å². The van der Waals surface area contributed by atoms with E-state index in [0.29, 0.717) is 12.2 Å². The summed E-state index contributed by atoms with van der Waals surface area (Å²) >= 11 is 10.1. The predicted molar refractivity (Wildman–Crippen MR) is 89.8 cm³/mol. The zero-order valence-electron chi connectivity index (χ0n) is 10.5. The SMILES string of the molecule is COc1c(Br)cc(CNc2ccc(Br)cc2F)cc1Br. The van der Waals surface area contributed by atoms with Crippen molar-refractivity contribution in [1.82, 2.24) is 0 Å². The summed E-state index contributed by atoms with van der Waals surface area (Å²) in [6, 6.07) is 8.81. The van der Waals surface area contributed by atoms with E-state index >= 15 is 0 Å². The molecule has 2 rings (SSSR count). The van der Waals surface area contributed by atoms with Gasteiger partial charge in [0.1, 0.15) is 11.6 Å². The third-order valence-corrected chi connectivity index (χ3v) is 4.35. The van der Waals surface area contributed by atoms with Gasteiger partial charge in [0.2, 0.25) is 0 Å². The number of ether oxygens (including phenoxy) is 1. The molecule has 0 spiro atoms. The second-order valence-electron chi connectivity index (χ2n) is 4.07.